The van der Waals surface area contributed by atoms with Crippen molar-refractivity contribution in [1.82, 2.24) is 35.0 Å². The van der Waals surface area contributed by atoms with Gasteiger partial charge in [-0.2, -0.15) is 27.7 Å². The van der Waals surface area contributed by atoms with Gasteiger partial charge in [0, 0.05) is 29.8 Å². The molecule has 0 amide bonds. The van der Waals surface area contributed by atoms with Crippen LogP contribution in [-0.2, 0) is 4.74 Å². The fourth-order valence-corrected chi connectivity index (χ4v) is 4.33. The molecule has 11 nitrogen and oxygen atoms in total. The molecule has 0 spiro atoms. The molecule has 2 N–H and O–H groups in total. The molecule has 1 aromatic carbocycles. The van der Waals surface area contributed by atoms with Crippen LogP contribution >= 0.6 is 11.6 Å². The Morgan fingerprint density at radius 1 is 1.10 bits per heavy atom. The second kappa shape index (κ2) is 11.2. The van der Waals surface area contributed by atoms with Crippen LogP contribution in [0.5, 0.6) is 0 Å². The lowest BCUT2D eigenvalue weighted by Crippen LogP contribution is -2.36. The zero-order valence-corrected chi connectivity index (χ0v) is 21.0. The summed E-state index contributed by atoms with van der Waals surface area (Å²) in [5.41, 5.74) is 6.31. The van der Waals surface area contributed by atoms with Gasteiger partial charge in [0.25, 0.3) is 0 Å². The Labute approximate surface area is 228 Å². The summed E-state index contributed by atoms with van der Waals surface area (Å²) in [5.74, 6) is -1.65. The number of nitrogen functional groups attached to an aromatic ring is 1. The van der Waals surface area contributed by atoms with E-state index in [1.807, 2.05) is 0 Å². The highest BCUT2D eigenvalue weighted by molar-refractivity contribution is 6.31. The van der Waals surface area contributed by atoms with E-state index in [9.17, 15) is 18.4 Å². The zero-order valence-electron chi connectivity index (χ0n) is 20.2. The van der Waals surface area contributed by atoms with E-state index in [2.05, 4.69) is 30.3 Å². The number of pyridine rings is 2. The monoisotopic (exact) mass is 575 g/mol. The van der Waals surface area contributed by atoms with E-state index in [-0.39, 0.29) is 45.3 Å². The number of halogens is 5. The number of anilines is 1. The summed E-state index contributed by atoms with van der Waals surface area (Å²) in [4.78, 5) is 3.59. The first-order chi connectivity index (χ1) is 19.2. The standard InChI is InChI=1S/C24H18ClF4N9O2/c25-16-3-5-19(37-12-31-34-35-37)21(22(16)26)13-1-4-18(38(39)11-13)17(7-8-40-24(28)29)36-10-14(9-32-36)15-2-6-20(30)33-23(15)27/h1-6,9-12,17,24H,7-8H2,(H2,30,33)/t17-/m0/s1. The van der Waals surface area contributed by atoms with E-state index in [0.29, 0.717) is 10.3 Å². The molecule has 0 saturated heterocycles. The van der Waals surface area contributed by atoms with Crippen molar-refractivity contribution in [3.63, 3.8) is 0 Å². The molecule has 0 unspecified atom stereocenters. The number of aromatic nitrogens is 8. The second-order valence-corrected chi connectivity index (χ2v) is 8.80. The van der Waals surface area contributed by atoms with Crippen LogP contribution in [0.1, 0.15) is 18.2 Å². The highest BCUT2D eigenvalue weighted by atomic mass is 35.5. The van der Waals surface area contributed by atoms with Gasteiger partial charge in [-0.1, -0.05) is 11.6 Å². The Bertz CT molecular complexity index is 1650. The van der Waals surface area contributed by atoms with Crippen molar-refractivity contribution in [2.24, 2.45) is 0 Å². The van der Waals surface area contributed by atoms with Crippen LogP contribution in [0, 0.1) is 17.0 Å². The van der Waals surface area contributed by atoms with Gasteiger partial charge in [-0.15, -0.1) is 5.10 Å². The van der Waals surface area contributed by atoms with Crippen molar-refractivity contribution in [2.45, 2.75) is 19.1 Å². The lowest BCUT2D eigenvalue weighted by atomic mass is 10.0. The Morgan fingerprint density at radius 3 is 2.62 bits per heavy atom. The maximum absolute atomic E-state index is 15.2. The Morgan fingerprint density at radius 2 is 1.93 bits per heavy atom. The molecule has 0 saturated carbocycles. The van der Waals surface area contributed by atoms with Gasteiger partial charge in [0.15, 0.2) is 12.0 Å². The normalized spacial score (nSPS) is 12.2. The van der Waals surface area contributed by atoms with Crippen molar-refractivity contribution < 1.29 is 27.0 Å². The van der Waals surface area contributed by atoms with Gasteiger partial charge in [0.05, 0.1) is 34.6 Å². The maximum Gasteiger partial charge on any atom is 0.345 e. The fourth-order valence-electron chi connectivity index (χ4n) is 4.17. The van der Waals surface area contributed by atoms with E-state index < -0.39 is 31.0 Å². The topological polar surface area (TPSA) is 136 Å². The molecule has 206 valence electrons. The van der Waals surface area contributed by atoms with Gasteiger partial charge in [-0.05, 0) is 40.8 Å². The van der Waals surface area contributed by atoms with Crippen molar-refractivity contribution in [2.75, 3.05) is 12.3 Å². The number of nitrogens with two attached hydrogens (primary N) is 1. The molecule has 5 aromatic rings. The fraction of sp³-hybridized carbons (Fsp3) is 0.167. The number of nitrogens with zero attached hydrogens (tertiary/aromatic N) is 8. The number of benzene rings is 1. The van der Waals surface area contributed by atoms with E-state index in [0.717, 1.165) is 6.20 Å². The van der Waals surface area contributed by atoms with Crippen LogP contribution in [0.25, 0.3) is 27.9 Å². The minimum absolute atomic E-state index is 0.0115. The summed E-state index contributed by atoms with van der Waals surface area (Å²) < 4.78 is 62.4. The van der Waals surface area contributed by atoms with Crippen LogP contribution in [0.3, 0.4) is 0 Å². The van der Waals surface area contributed by atoms with Crippen LogP contribution in [0.4, 0.5) is 23.4 Å². The van der Waals surface area contributed by atoms with Crippen molar-refractivity contribution >= 4 is 17.4 Å². The molecule has 16 heteroatoms. The van der Waals surface area contributed by atoms with Crippen molar-refractivity contribution in [3.8, 4) is 27.9 Å². The summed E-state index contributed by atoms with van der Waals surface area (Å²) in [6.07, 6.45) is 5.02. The first kappa shape index (κ1) is 27.0. The second-order valence-electron chi connectivity index (χ2n) is 8.40. The summed E-state index contributed by atoms with van der Waals surface area (Å²) in [6, 6.07) is 7.57. The summed E-state index contributed by atoms with van der Waals surface area (Å²) in [5, 5.41) is 28.2. The first-order valence-electron chi connectivity index (χ1n) is 11.5. The Balaban J connectivity index is 1.55. The lowest BCUT2D eigenvalue weighted by Gasteiger charge is -2.18. The molecule has 0 aliphatic rings. The third kappa shape index (κ3) is 5.41. The molecular formula is C24H18ClF4N9O2. The van der Waals surface area contributed by atoms with Gasteiger partial charge in [0.2, 0.25) is 11.6 Å². The van der Waals surface area contributed by atoms with Crippen LogP contribution < -0.4 is 10.5 Å². The molecule has 0 radical (unpaired) electrons. The van der Waals surface area contributed by atoms with E-state index in [1.54, 1.807) is 0 Å². The summed E-state index contributed by atoms with van der Waals surface area (Å²) in [7, 11) is 0. The Kier molecular flexibility index (Phi) is 7.57. The average molecular weight is 576 g/mol. The number of alkyl halides is 2. The molecular weight excluding hydrogens is 558 g/mol. The van der Waals surface area contributed by atoms with Gasteiger partial charge < -0.3 is 15.7 Å². The quantitative estimate of drug-likeness (QED) is 0.121. The average Bonchev–Trinajstić information content (AvgIpc) is 3.61. The zero-order chi connectivity index (χ0) is 28.4. The van der Waals surface area contributed by atoms with Gasteiger partial charge in [-0.3, -0.25) is 4.68 Å². The van der Waals surface area contributed by atoms with Gasteiger partial charge >= 0.3 is 6.61 Å². The van der Waals surface area contributed by atoms with Gasteiger partial charge in [-0.25, -0.2) is 9.37 Å². The predicted octanol–water partition coefficient (Wildman–Crippen LogP) is 3.95. The SMILES string of the molecule is Nc1ccc(-c2cnn([C@@H](CCOC(F)F)c3ccc(-c4c(-n5cnnn5)ccc(Cl)c4F)c[n+]3[O-])c2)c(F)n1. The number of rotatable bonds is 9. The van der Waals surface area contributed by atoms with Gasteiger partial charge in [0.1, 0.15) is 18.2 Å². The van der Waals surface area contributed by atoms with Crippen LogP contribution in [0.2, 0.25) is 5.02 Å². The molecule has 0 fully saturated rings. The van der Waals surface area contributed by atoms with Crippen molar-refractivity contribution in [1.29, 1.82) is 0 Å². The third-order valence-corrected chi connectivity index (χ3v) is 6.27. The number of tetrazole rings is 1. The largest absolute Gasteiger partial charge is 0.618 e. The minimum atomic E-state index is -3.03. The molecule has 1 atom stereocenters. The molecule has 0 bridgehead atoms. The number of ether oxygens (including phenoxy) is 1. The van der Waals surface area contributed by atoms with E-state index >= 15 is 4.39 Å². The van der Waals surface area contributed by atoms with Crippen LogP contribution in [0.15, 0.2) is 61.3 Å². The van der Waals surface area contributed by atoms with E-state index in [1.165, 1.54) is 64.5 Å². The maximum atomic E-state index is 15.2. The van der Waals surface area contributed by atoms with Crippen LogP contribution in [-0.4, -0.2) is 48.2 Å². The minimum Gasteiger partial charge on any atom is -0.618 e. The smallest absolute Gasteiger partial charge is 0.345 e. The molecule has 0 aliphatic heterocycles. The summed E-state index contributed by atoms with van der Waals surface area (Å²) >= 11 is 6.01. The molecule has 0 aliphatic carbocycles. The van der Waals surface area contributed by atoms with E-state index in [4.69, 9.17) is 17.3 Å². The third-order valence-electron chi connectivity index (χ3n) is 5.98. The number of hydrogen-bond acceptors (Lipinski definition) is 8. The predicted molar refractivity (Wildman–Crippen MR) is 133 cm³/mol. The molecule has 4 heterocycles. The first-order valence-corrected chi connectivity index (χ1v) is 11.9. The highest BCUT2D eigenvalue weighted by Gasteiger charge is 2.26. The van der Waals surface area contributed by atoms with Crippen molar-refractivity contribution in [3.05, 3.63) is 89.0 Å². The highest BCUT2D eigenvalue weighted by Crippen LogP contribution is 2.34. The lowest BCUT2D eigenvalue weighted by molar-refractivity contribution is -0.615. The molecule has 40 heavy (non-hydrogen) atoms. The number of hydrogen-bond donors (Lipinski definition) is 1. The summed E-state index contributed by atoms with van der Waals surface area (Å²) in [6.45, 7) is -3.45. The molecule has 4 aromatic heterocycles. The molecule has 5 rings (SSSR count). The Hall–Kier alpha value is -4.63.